The van der Waals surface area contributed by atoms with E-state index in [2.05, 4.69) is 0 Å². The molecule has 124 valence electrons. The van der Waals surface area contributed by atoms with Crippen molar-refractivity contribution in [3.63, 3.8) is 0 Å². The second-order valence-electron chi connectivity index (χ2n) is 5.94. The highest BCUT2D eigenvalue weighted by atomic mass is 32.2. The molecular formula is C15H23NO4S2. The lowest BCUT2D eigenvalue weighted by Gasteiger charge is -2.27. The van der Waals surface area contributed by atoms with Crippen molar-refractivity contribution in [2.24, 2.45) is 0 Å². The zero-order valence-corrected chi connectivity index (χ0v) is 14.9. The Morgan fingerprint density at radius 1 is 1.27 bits per heavy atom. The van der Waals surface area contributed by atoms with E-state index in [0.717, 1.165) is 5.56 Å². The lowest BCUT2D eigenvalue weighted by atomic mass is 10.2. The highest BCUT2D eigenvalue weighted by Crippen LogP contribution is 2.27. The van der Waals surface area contributed by atoms with Gasteiger partial charge in [-0.1, -0.05) is 19.1 Å². The van der Waals surface area contributed by atoms with Gasteiger partial charge >= 0.3 is 0 Å². The average Bonchev–Trinajstić information content (AvgIpc) is 2.78. The molecule has 5 nitrogen and oxygen atoms in total. The Hall–Kier alpha value is -0.920. The molecule has 1 aliphatic heterocycles. The van der Waals surface area contributed by atoms with Crippen molar-refractivity contribution in [2.75, 3.05) is 18.1 Å². The number of hydrogen-bond donors (Lipinski definition) is 0. The fourth-order valence-electron chi connectivity index (χ4n) is 2.83. The molecule has 0 aliphatic carbocycles. The third kappa shape index (κ3) is 3.52. The maximum Gasteiger partial charge on any atom is 0.243 e. The zero-order chi connectivity index (χ0) is 16.5. The van der Waals surface area contributed by atoms with Crippen molar-refractivity contribution in [2.45, 2.75) is 44.6 Å². The largest absolute Gasteiger partial charge is 0.243 e. The van der Waals surface area contributed by atoms with Gasteiger partial charge < -0.3 is 0 Å². The van der Waals surface area contributed by atoms with Crippen LogP contribution in [0.25, 0.3) is 0 Å². The molecule has 22 heavy (non-hydrogen) atoms. The van der Waals surface area contributed by atoms with Gasteiger partial charge in [-0.15, -0.1) is 0 Å². The molecule has 1 heterocycles. The van der Waals surface area contributed by atoms with Crippen molar-refractivity contribution in [3.8, 4) is 0 Å². The fraction of sp³-hybridized carbons (Fsp3) is 0.600. The Labute approximate surface area is 133 Å². The van der Waals surface area contributed by atoms with E-state index in [4.69, 9.17) is 0 Å². The summed E-state index contributed by atoms with van der Waals surface area (Å²) in [6, 6.07) is 4.88. The molecule has 7 heteroatoms. The molecule has 0 N–H and O–H groups in total. The summed E-state index contributed by atoms with van der Waals surface area (Å²) in [4.78, 5) is 0.283. The smallest absolute Gasteiger partial charge is 0.229 e. The topological polar surface area (TPSA) is 71.5 Å². The van der Waals surface area contributed by atoms with E-state index in [-0.39, 0.29) is 16.4 Å². The number of benzene rings is 1. The molecular weight excluding hydrogens is 322 g/mol. The SMILES string of the molecule is CCCN(C1CCS(=O)(=O)C1)S(=O)(=O)c1cc(C)ccc1C. The minimum Gasteiger partial charge on any atom is -0.229 e. The third-order valence-corrected chi connectivity index (χ3v) is 7.83. The van der Waals surface area contributed by atoms with Crippen LogP contribution in [0.15, 0.2) is 23.1 Å². The molecule has 1 aromatic carbocycles. The molecule has 0 radical (unpaired) electrons. The van der Waals surface area contributed by atoms with Gasteiger partial charge in [-0.2, -0.15) is 4.31 Å². The highest BCUT2D eigenvalue weighted by Gasteiger charge is 2.38. The lowest BCUT2D eigenvalue weighted by molar-refractivity contribution is 0.340. The molecule has 0 amide bonds. The van der Waals surface area contributed by atoms with Crippen LogP contribution in [0.2, 0.25) is 0 Å². The number of rotatable bonds is 5. The summed E-state index contributed by atoms with van der Waals surface area (Å²) in [7, 11) is -6.81. The van der Waals surface area contributed by atoms with Crippen molar-refractivity contribution < 1.29 is 16.8 Å². The van der Waals surface area contributed by atoms with E-state index < -0.39 is 25.9 Å². The predicted octanol–water partition coefficient (Wildman–Crippen LogP) is 1.89. The van der Waals surface area contributed by atoms with Crippen LogP contribution in [0.1, 0.15) is 30.9 Å². The summed E-state index contributed by atoms with van der Waals surface area (Å²) in [5.74, 6) is -0.00268. The van der Waals surface area contributed by atoms with Gasteiger partial charge in [-0.25, -0.2) is 16.8 Å². The van der Waals surface area contributed by atoms with E-state index in [9.17, 15) is 16.8 Å². The quantitative estimate of drug-likeness (QED) is 0.817. The summed E-state index contributed by atoms with van der Waals surface area (Å²) >= 11 is 0. The maximum atomic E-state index is 13.0. The molecule has 1 saturated heterocycles. The second-order valence-corrected chi connectivity index (χ2v) is 10.0. The van der Waals surface area contributed by atoms with Gasteiger partial charge in [0.15, 0.2) is 9.84 Å². The second kappa shape index (κ2) is 6.29. The van der Waals surface area contributed by atoms with Crippen molar-refractivity contribution in [1.82, 2.24) is 4.31 Å². The Kier molecular flexibility index (Phi) is 4.99. The van der Waals surface area contributed by atoms with E-state index >= 15 is 0 Å². The molecule has 1 aliphatic rings. The van der Waals surface area contributed by atoms with Crippen LogP contribution in [-0.2, 0) is 19.9 Å². The minimum atomic E-state index is -3.68. The molecule has 0 spiro atoms. The number of hydrogen-bond acceptors (Lipinski definition) is 4. The van der Waals surface area contributed by atoms with Crippen molar-refractivity contribution in [3.05, 3.63) is 29.3 Å². The van der Waals surface area contributed by atoms with Gasteiger partial charge in [0.05, 0.1) is 16.4 Å². The first-order valence-corrected chi connectivity index (χ1v) is 10.7. The molecule has 1 aromatic rings. The third-order valence-electron chi connectivity index (χ3n) is 3.99. The molecule has 1 fully saturated rings. The molecule has 0 aromatic heterocycles. The molecule has 0 bridgehead atoms. The summed E-state index contributed by atoms with van der Waals surface area (Å²) in [5, 5.41) is 0. The summed E-state index contributed by atoms with van der Waals surface area (Å²) in [6.07, 6.45) is 1.03. The van der Waals surface area contributed by atoms with Gasteiger partial charge in [0.1, 0.15) is 0 Å². The van der Waals surface area contributed by atoms with Crippen LogP contribution in [0, 0.1) is 13.8 Å². The Balaban J connectivity index is 2.45. The van der Waals surface area contributed by atoms with Crippen molar-refractivity contribution >= 4 is 19.9 Å². The minimum absolute atomic E-state index is 0.0696. The Bertz CT molecular complexity index is 754. The van der Waals surface area contributed by atoms with Gasteiger partial charge in [0, 0.05) is 12.6 Å². The average molecular weight is 345 g/mol. The summed E-state index contributed by atoms with van der Waals surface area (Å²) in [5.41, 5.74) is 1.56. The molecule has 1 atom stereocenters. The molecule has 2 rings (SSSR count). The van der Waals surface area contributed by atoms with E-state index in [1.54, 1.807) is 19.1 Å². The van der Waals surface area contributed by atoms with E-state index in [1.165, 1.54) is 4.31 Å². The first-order chi connectivity index (χ1) is 10.2. The van der Waals surface area contributed by atoms with Crippen LogP contribution >= 0.6 is 0 Å². The van der Waals surface area contributed by atoms with Gasteiger partial charge in [0.2, 0.25) is 10.0 Å². The number of nitrogens with zero attached hydrogens (tertiary/aromatic N) is 1. The van der Waals surface area contributed by atoms with Crippen LogP contribution in [0.5, 0.6) is 0 Å². The van der Waals surface area contributed by atoms with Gasteiger partial charge in [0.25, 0.3) is 0 Å². The Morgan fingerprint density at radius 3 is 2.50 bits per heavy atom. The van der Waals surface area contributed by atoms with Crippen LogP contribution in [0.3, 0.4) is 0 Å². The van der Waals surface area contributed by atoms with Gasteiger partial charge in [-0.3, -0.25) is 0 Å². The molecule has 0 saturated carbocycles. The summed E-state index contributed by atoms with van der Waals surface area (Å²) < 4.78 is 50.9. The maximum absolute atomic E-state index is 13.0. The number of sulfone groups is 1. The predicted molar refractivity (Wildman–Crippen MR) is 87.2 cm³/mol. The standard InChI is InChI=1S/C15H23NO4S2/c1-4-8-16(14-7-9-21(17,18)11-14)22(19,20)15-10-12(2)5-6-13(15)3/h5-6,10,14H,4,7-9,11H2,1-3H3. The summed E-state index contributed by atoms with van der Waals surface area (Å²) in [6.45, 7) is 5.86. The van der Waals surface area contributed by atoms with Gasteiger partial charge in [-0.05, 0) is 43.9 Å². The zero-order valence-electron chi connectivity index (χ0n) is 13.2. The first kappa shape index (κ1) is 17.4. The van der Waals surface area contributed by atoms with Crippen molar-refractivity contribution in [1.29, 1.82) is 0 Å². The number of sulfonamides is 1. The number of aryl methyl sites for hydroxylation is 2. The highest BCUT2D eigenvalue weighted by molar-refractivity contribution is 7.92. The normalized spacial score (nSPS) is 21.4. The van der Waals surface area contributed by atoms with Crippen LogP contribution < -0.4 is 0 Å². The lowest BCUT2D eigenvalue weighted by Crippen LogP contribution is -2.41. The van der Waals surface area contributed by atoms with Crippen LogP contribution in [0.4, 0.5) is 0 Å². The van der Waals surface area contributed by atoms with Crippen LogP contribution in [-0.4, -0.2) is 45.2 Å². The van der Waals surface area contributed by atoms with E-state index in [0.29, 0.717) is 24.9 Å². The fourth-order valence-corrected chi connectivity index (χ4v) is 6.72. The Morgan fingerprint density at radius 2 is 1.95 bits per heavy atom. The molecule has 1 unspecified atom stereocenters. The first-order valence-electron chi connectivity index (χ1n) is 7.47. The van der Waals surface area contributed by atoms with E-state index in [1.807, 2.05) is 19.9 Å². The monoisotopic (exact) mass is 345 g/mol.